The van der Waals surface area contributed by atoms with Crippen LogP contribution in [0.15, 0.2) is 0 Å². The number of rotatable bonds is 40. The molecule has 0 N–H and O–H groups in total. The molecule has 43 heavy (non-hydrogen) atoms. The molecule has 260 valence electrons. The second kappa shape index (κ2) is 41.7. The van der Waals surface area contributed by atoms with Crippen LogP contribution < -0.4 is 0 Å². The van der Waals surface area contributed by atoms with Crippen LogP contribution in [0.25, 0.3) is 0 Å². The lowest BCUT2D eigenvalue weighted by Gasteiger charge is -2.08. The number of hydrogen-bond donors (Lipinski definition) is 0. The van der Waals surface area contributed by atoms with Crippen LogP contribution in [-0.4, -0.2) is 92.5 Å². The first kappa shape index (κ1) is 42.7. The van der Waals surface area contributed by atoms with E-state index in [1.165, 1.54) is 116 Å². The SMILES string of the molecule is CCCCCCCCCCCCCCCCOCCOCCOCCOCCOCCOCCOCCCCCCCC. The van der Waals surface area contributed by atoms with Crippen LogP contribution in [0.1, 0.15) is 142 Å². The third-order valence-electron chi connectivity index (χ3n) is 7.52. The molecule has 0 aliphatic carbocycles. The fourth-order valence-corrected chi connectivity index (χ4v) is 4.80. The van der Waals surface area contributed by atoms with Gasteiger partial charge in [-0.15, -0.1) is 0 Å². The van der Waals surface area contributed by atoms with Gasteiger partial charge in [-0.1, -0.05) is 129 Å². The summed E-state index contributed by atoms with van der Waals surface area (Å²) >= 11 is 0. The predicted octanol–water partition coefficient (Wildman–Crippen LogP) is 8.94. The van der Waals surface area contributed by atoms with Crippen molar-refractivity contribution in [1.29, 1.82) is 0 Å². The van der Waals surface area contributed by atoms with E-state index in [0.29, 0.717) is 79.3 Å². The van der Waals surface area contributed by atoms with Gasteiger partial charge in [0, 0.05) is 13.2 Å². The van der Waals surface area contributed by atoms with E-state index in [0.717, 1.165) is 26.1 Å². The van der Waals surface area contributed by atoms with Crippen LogP contribution in [0.4, 0.5) is 0 Å². The second-order valence-corrected chi connectivity index (χ2v) is 11.7. The standard InChI is InChI=1S/C36H74O7/c1-3-5-7-9-11-12-13-14-15-16-17-18-20-22-24-38-26-28-40-30-32-42-34-36-43-35-33-41-31-29-39-27-25-37-23-21-19-10-8-6-4-2/h3-36H2,1-2H3. The molecule has 0 aromatic rings. The molecule has 7 heteroatoms. The van der Waals surface area contributed by atoms with E-state index in [9.17, 15) is 0 Å². The fraction of sp³-hybridized carbons (Fsp3) is 1.00. The van der Waals surface area contributed by atoms with Crippen molar-refractivity contribution in [2.45, 2.75) is 142 Å². The Hall–Kier alpha value is -0.280. The highest BCUT2D eigenvalue weighted by molar-refractivity contribution is 4.49. The molecule has 0 unspecified atom stereocenters. The minimum Gasteiger partial charge on any atom is -0.379 e. The summed E-state index contributed by atoms with van der Waals surface area (Å²) in [5, 5.41) is 0. The fourth-order valence-electron chi connectivity index (χ4n) is 4.80. The molecule has 0 amide bonds. The molecule has 0 radical (unpaired) electrons. The molecule has 0 aliphatic heterocycles. The summed E-state index contributed by atoms with van der Waals surface area (Å²) in [5.41, 5.74) is 0. The van der Waals surface area contributed by atoms with Crippen molar-refractivity contribution in [3.8, 4) is 0 Å². The zero-order valence-corrected chi connectivity index (χ0v) is 28.9. The van der Waals surface area contributed by atoms with E-state index in [1.54, 1.807) is 0 Å². The van der Waals surface area contributed by atoms with Crippen molar-refractivity contribution in [1.82, 2.24) is 0 Å². The summed E-state index contributed by atoms with van der Waals surface area (Å²) in [6.45, 7) is 13.4. The Labute approximate surface area is 267 Å². The molecular weight excluding hydrogens is 544 g/mol. The summed E-state index contributed by atoms with van der Waals surface area (Å²) in [6.07, 6.45) is 27.1. The van der Waals surface area contributed by atoms with Gasteiger partial charge in [-0.3, -0.25) is 0 Å². The van der Waals surface area contributed by atoms with Gasteiger partial charge < -0.3 is 33.2 Å². The third-order valence-corrected chi connectivity index (χ3v) is 7.52. The van der Waals surface area contributed by atoms with Crippen molar-refractivity contribution < 1.29 is 33.2 Å². The molecule has 0 atom stereocenters. The Kier molecular flexibility index (Phi) is 41.4. The van der Waals surface area contributed by atoms with E-state index in [4.69, 9.17) is 33.2 Å². The first-order chi connectivity index (χ1) is 21.4. The highest BCUT2D eigenvalue weighted by atomic mass is 16.6. The Morgan fingerprint density at radius 1 is 0.186 bits per heavy atom. The van der Waals surface area contributed by atoms with Crippen LogP contribution in [-0.2, 0) is 33.2 Å². The molecule has 7 nitrogen and oxygen atoms in total. The van der Waals surface area contributed by atoms with Gasteiger partial charge >= 0.3 is 0 Å². The molecule has 0 saturated heterocycles. The number of unbranched alkanes of at least 4 members (excludes halogenated alkanes) is 18. The van der Waals surface area contributed by atoms with Gasteiger partial charge in [0.2, 0.25) is 0 Å². The summed E-state index contributed by atoms with van der Waals surface area (Å²) < 4.78 is 38.9. The molecule has 0 aromatic carbocycles. The molecule has 0 spiro atoms. The van der Waals surface area contributed by atoms with Gasteiger partial charge in [-0.2, -0.15) is 0 Å². The van der Waals surface area contributed by atoms with Crippen molar-refractivity contribution in [2.24, 2.45) is 0 Å². The number of ether oxygens (including phenoxy) is 7. The van der Waals surface area contributed by atoms with E-state index in [1.807, 2.05) is 0 Å². The van der Waals surface area contributed by atoms with Crippen LogP contribution in [0.3, 0.4) is 0 Å². The van der Waals surface area contributed by atoms with Crippen LogP contribution >= 0.6 is 0 Å². The summed E-state index contributed by atoms with van der Waals surface area (Å²) in [6, 6.07) is 0. The zero-order chi connectivity index (χ0) is 31.0. The Morgan fingerprint density at radius 2 is 0.349 bits per heavy atom. The highest BCUT2D eigenvalue weighted by Crippen LogP contribution is 2.13. The largest absolute Gasteiger partial charge is 0.379 e. The van der Waals surface area contributed by atoms with Gasteiger partial charge in [0.15, 0.2) is 0 Å². The van der Waals surface area contributed by atoms with Crippen LogP contribution in [0.5, 0.6) is 0 Å². The van der Waals surface area contributed by atoms with Gasteiger partial charge in [-0.05, 0) is 12.8 Å². The normalized spacial score (nSPS) is 11.6. The quantitative estimate of drug-likeness (QED) is 0.0635. The Bertz CT molecular complexity index is 427. The van der Waals surface area contributed by atoms with Crippen molar-refractivity contribution in [2.75, 3.05) is 92.5 Å². The van der Waals surface area contributed by atoms with Gasteiger partial charge in [0.1, 0.15) is 0 Å². The van der Waals surface area contributed by atoms with E-state index >= 15 is 0 Å². The lowest BCUT2D eigenvalue weighted by molar-refractivity contribution is -0.0206. The highest BCUT2D eigenvalue weighted by Gasteiger charge is 1.97. The summed E-state index contributed by atoms with van der Waals surface area (Å²) in [7, 11) is 0. The van der Waals surface area contributed by atoms with Gasteiger partial charge in [0.25, 0.3) is 0 Å². The van der Waals surface area contributed by atoms with Gasteiger partial charge in [0.05, 0.1) is 79.3 Å². The van der Waals surface area contributed by atoms with Crippen molar-refractivity contribution in [3.63, 3.8) is 0 Å². The average molecular weight is 619 g/mol. The molecular formula is C36H74O7. The topological polar surface area (TPSA) is 64.6 Å². The molecule has 0 heterocycles. The third kappa shape index (κ3) is 41.7. The van der Waals surface area contributed by atoms with E-state index < -0.39 is 0 Å². The monoisotopic (exact) mass is 619 g/mol. The smallest absolute Gasteiger partial charge is 0.0701 e. The van der Waals surface area contributed by atoms with Crippen molar-refractivity contribution in [3.05, 3.63) is 0 Å². The summed E-state index contributed by atoms with van der Waals surface area (Å²) in [4.78, 5) is 0. The molecule has 0 aliphatic rings. The minimum absolute atomic E-state index is 0.567. The predicted molar refractivity (Wildman–Crippen MR) is 179 cm³/mol. The lowest BCUT2D eigenvalue weighted by atomic mass is 10.0. The second-order valence-electron chi connectivity index (χ2n) is 11.7. The molecule has 0 saturated carbocycles. The maximum atomic E-state index is 5.68. The van der Waals surface area contributed by atoms with Gasteiger partial charge in [-0.25, -0.2) is 0 Å². The van der Waals surface area contributed by atoms with Crippen LogP contribution in [0, 0.1) is 0 Å². The average Bonchev–Trinajstić information content (AvgIpc) is 3.02. The zero-order valence-electron chi connectivity index (χ0n) is 28.9. The first-order valence-electron chi connectivity index (χ1n) is 18.5. The van der Waals surface area contributed by atoms with Crippen molar-refractivity contribution >= 4 is 0 Å². The molecule has 0 fully saturated rings. The molecule has 0 bridgehead atoms. The lowest BCUT2D eigenvalue weighted by Crippen LogP contribution is -2.14. The number of hydrogen-bond acceptors (Lipinski definition) is 7. The Morgan fingerprint density at radius 3 is 0.558 bits per heavy atom. The summed E-state index contributed by atoms with van der Waals surface area (Å²) in [5.74, 6) is 0. The van der Waals surface area contributed by atoms with E-state index in [-0.39, 0.29) is 0 Å². The maximum absolute atomic E-state index is 5.68. The Balaban J connectivity index is 3.02. The molecule has 0 aromatic heterocycles. The maximum Gasteiger partial charge on any atom is 0.0701 e. The minimum atomic E-state index is 0.567. The van der Waals surface area contributed by atoms with E-state index in [2.05, 4.69) is 13.8 Å². The van der Waals surface area contributed by atoms with Crippen LogP contribution in [0.2, 0.25) is 0 Å². The molecule has 0 rings (SSSR count). The first-order valence-corrected chi connectivity index (χ1v) is 18.5.